The topological polar surface area (TPSA) is 21.3 Å². The Balaban J connectivity index is 1.74. The quantitative estimate of drug-likeness (QED) is 0.801. The molecule has 90 valence electrons. The third kappa shape index (κ3) is 3.89. The predicted octanol–water partition coefficient (Wildman–Crippen LogP) is 2.05. The first kappa shape index (κ1) is 12.2. The fourth-order valence-electron chi connectivity index (χ4n) is 1.99. The van der Waals surface area contributed by atoms with Crippen LogP contribution in [0.1, 0.15) is 18.9 Å². The zero-order chi connectivity index (χ0) is 11.9. The zero-order valence-electron chi connectivity index (χ0n) is 10.3. The molecule has 0 aromatic heterocycles. The second-order valence-corrected chi connectivity index (χ2v) is 4.46. The lowest BCUT2D eigenvalue weighted by atomic mass is 10.0. The molecule has 1 aliphatic heterocycles. The van der Waals surface area contributed by atoms with Gasteiger partial charge in [0.15, 0.2) is 0 Å². The Kier molecular flexibility index (Phi) is 4.61. The molecule has 17 heavy (non-hydrogen) atoms. The number of rotatable bonds is 3. The van der Waals surface area contributed by atoms with Crippen LogP contribution >= 0.6 is 0 Å². The zero-order valence-corrected chi connectivity index (χ0v) is 10.3. The highest BCUT2D eigenvalue weighted by atomic mass is 16.5. The second-order valence-electron chi connectivity index (χ2n) is 4.46. The van der Waals surface area contributed by atoms with Gasteiger partial charge in [0.2, 0.25) is 0 Å². The first-order valence-electron chi connectivity index (χ1n) is 6.21. The second kappa shape index (κ2) is 6.44. The minimum atomic E-state index is 0.488. The van der Waals surface area contributed by atoms with Crippen LogP contribution in [0.25, 0.3) is 0 Å². The molecule has 0 radical (unpaired) electrons. The van der Waals surface area contributed by atoms with E-state index >= 15 is 0 Å². The van der Waals surface area contributed by atoms with Crippen LogP contribution in [0.2, 0.25) is 0 Å². The molecule has 0 aliphatic carbocycles. The number of benzene rings is 1. The normalized spacial score (nSPS) is 20.6. The van der Waals surface area contributed by atoms with Gasteiger partial charge in [0, 0.05) is 18.2 Å². The number of hydrogen-bond acceptors (Lipinski definition) is 2. The summed E-state index contributed by atoms with van der Waals surface area (Å²) in [4.78, 5) is 0. The molecular weight excluding hydrogens is 210 g/mol. The van der Waals surface area contributed by atoms with Crippen LogP contribution in [0.15, 0.2) is 30.3 Å². The summed E-state index contributed by atoms with van der Waals surface area (Å²) in [5, 5.41) is 3.44. The van der Waals surface area contributed by atoms with Crippen LogP contribution in [0.5, 0.6) is 0 Å². The lowest BCUT2D eigenvalue weighted by Gasteiger charge is -2.17. The summed E-state index contributed by atoms with van der Waals surface area (Å²) >= 11 is 0. The Morgan fingerprint density at radius 3 is 2.94 bits per heavy atom. The van der Waals surface area contributed by atoms with Crippen LogP contribution in [-0.4, -0.2) is 25.8 Å². The first-order valence-corrected chi connectivity index (χ1v) is 6.21. The minimum absolute atomic E-state index is 0.488. The van der Waals surface area contributed by atoms with Crippen molar-refractivity contribution in [3.8, 4) is 11.8 Å². The minimum Gasteiger partial charge on any atom is -0.381 e. The van der Waals surface area contributed by atoms with Gasteiger partial charge in [0.25, 0.3) is 0 Å². The summed E-state index contributed by atoms with van der Waals surface area (Å²) in [5.41, 5.74) is 1.08. The van der Waals surface area contributed by atoms with E-state index in [-0.39, 0.29) is 0 Å². The van der Waals surface area contributed by atoms with Crippen LogP contribution in [0, 0.1) is 17.8 Å². The Labute approximate surface area is 103 Å². The molecule has 1 aromatic carbocycles. The Hall–Kier alpha value is -1.30. The molecule has 2 atom stereocenters. The van der Waals surface area contributed by atoms with Gasteiger partial charge in [-0.3, -0.25) is 0 Å². The van der Waals surface area contributed by atoms with E-state index in [9.17, 15) is 0 Å². The summed E-state index contributed by atoms with van der Waals surface area (Å²) in [6.07, 6.45) is 1.17. The SMILES string of the molecule is CC(NCC#Cc1ccccc1)C1CCOC1. The van der Waals surface area contributed by atoms with Gasteiger partial charge >= 0.3 is 0 Å². The van der Waals surface area contributed by atoms with E-state index in [2.05, 4.69) is 24.1 Å². The van der Waals surface area contributed by atoms with E-state index in [1.54, 1.807) is 0 Å². The lowest BCUT2D eigenvalue weighted by molar-refractivity contribution is 0.179. The molecule has 1 N–H and O–H groups in total. The molecule has 1 aliphatic rings. The molecule has 0 amide bonds. The molecule has 1 fully saturated rings. The number of ether oxygens (including phenoxy) is 1. The van der Waals surface area contributed by atoms with Crippen molar-refractivity contribution in [1.29, 1.82) is 0 Å². The van der Waals surface area contributed by atoms with Gasteiger partial charge in [-0.2, -0.15) is 0 Å². The third-order valence-electron chi connectivity index (χ3n) is 3.19. The van der Waals surface area contributed by atoms with E-state index < -0.39 is 0 Å². The van der Waals surface area contributed by atoms with Crippen molar-refractivity contribution in [2.75, 3.05) is 19.8 Å². The molecule has 1 aromatic rings. The van der Waals surface area contributed by atoms with Gasteiger partial charge in [-0.1, -0.05) is 30.0 Å². The molecule has 1 saturated heterocycles. The maximum Gasteiger partial charge on any atom is 0.0582 e. The van der Waals surface area contributed by atoms with Crippen molar-refractivity contribution in [2.24, 2.45) is 5.92 Å². The van der Waals surface area contributed by atoms with Crippen molar-refractivity contribution in [1.82, 2.24) is 5.32 Å². The van der Waals surface area contributed by atoms with E-state index in [0.29, 0.717) is 12.0 Å². The number of nitrogens with one attached hydrogen (secondary N) is 1. The van der Waals surface area contributed by atoms with Crippen molar-refractivity contribution in [2.45, 2.75) is 19.4 Å². The highest BCUT2D eigenvalue weighted by Crippen LogP contribution is 2.15. The molecule has 2 nitrogen and oxygen atoms in total. The molecule has 0 bridgehead atoms. The Morgan fingerprint density at radius 2 is 2.24 bits per heavy atom. The van der Waals surface area contributed by atoms with Crippen molar-refractivity contribution in [3.05, 3.63) is 35.9 Å². The third-order valence-corrected chi connectivity index (χ3v) is 3.19. The van der Waals surface area contributed by atoms with Crippen molar-refractivity contribution in [3.63, 3.8) is 0 Å². The average Bonchev–Trinajstić information content (AvgIpc) is 2.89. The summed E-state index contributed by atoms with van der Waals surface area (Å²) in [7, 11) is 0. The van der Waals surface area contributed by atoms with Gasteiger partial charge in [0.05, 0.1) is 13.2 Å². The number of hydrogen-bond donors (Lipinski definition) is 1. The standard InChI is InChI=1S/C15H19NO/c1-13(15-9-11-17-12-15)16-10-5-8-14-6-3-2-4-7-14/h2-4,6-7,13,15-16H,9-12H2,1H3. The largest absolute Gasteiger partial charge is 0.381 e. The summed E-state index contributed by atoms with van der Waals surface area (Å²) in [6, 6.07) is 10.6. The highest BCUT2D eigenvalue weighted by Gasteiger charge is 2.21. The van der Waals surface area contributed by atoms with Crippen molar-refractivity contribution >= 4 is 0 Å². The van der Waals surface area contributed by atoms with Crippen LogP contribution < -0.4 is 5.32 Å². The molecular formula is C15H19NO. The monoisotopic (exact) mass is 229 g/mol. The lowest BCUT2D eigenvalue weighted by Crippen LogP contribution is -2.34. The van der Waals surface area contributed by atoms with Crippen LogP contribution in [0.4, 0.5) is 0 Å². The van der Waals surface area contributed by atoms with E-state index in [1.165, 1.54) is 6.42 Å². The van der Waals surface area contributed by atoms with E-state index in [0.717, 1.165) is 25.3 Å². The Morgan fingerprint density at radius 1 is 1.41 bits per heavy atom. The van der Waals surface area contributed by atoms with E-state index in [1.807, 2.05) is 30.3 Å². The first-order chi connectivity index (χ1) is 8.36. The highest BCUT2D eigenvalue weighted by molar-refractivity contribution is 5.33. The molecule has 2 rings (SSSR count). The van der Waals surface area contributed by atoms with Gasteiger partial charge in [-0.25, -0.2) is 0 Å². The van der Waals surface area contributed by atoms with Crippen molar-refractivity contribution < 1.29 is 4.74 Å². The maximum atomic E-state index is 5.38. The predicted molar refractivity (Wildman–Crippen MR) is 69.7 cm³/mol. The molecule has 2 heteroatoms. The molecule has 0 spiro atoms. The van der Waals surface area contributed by atoms with Gasteiger partial charge in [0.1, 0.15) is 0 Å². The van der Waals surface area contributed by atoms with Gasteiger partial charge in [-0.15, -0.1) is 0 Å². The smallest absolute Gasteiger partial charge is 0.0582 e. The maximum absolute atomic E-state index is 5.38. The molecule has 0 saturated carbocycles. The Bertz CT molecular complexity index is 384. The van der Waals surface area contributed by atoms with Gasteiger partial charge < -0.3 is 10.1 Å². The molecule has 1 heterocycles. The molecule has 2 unspecified atom stereocenters. The van der Waals surface area contributed by atoms with Gasteiger partial charge in [-0.05, 0) is 31.4 Å². The van der Waals surface area contributed by atoms with E-state index in [4.69, 9.17) is 4.74 Å². The van der Waals surface area contributed by atoms with Crippen LogP contribution in [0.3, 0.4) is 0 Å². The summed E-state index contributed by atoms with van der Waals surface area (Å²) in [6.45, 7) is 4.75. The summed E-state index contributed by atoms with van der Waals surface area (Å²) in [5.74, 6) is 6.95. The van der Waals surface area contributed by atoms with Crippen LogP contribution in [-0.2, 0) is 4.74 Å². The average molecular weight is 229 g/mol. The fourth-order valence-corrected chi connectivity index (χ4v) is 1.99. The summed E-state index contributed by atoms with van der Waals surface area (Å²) < 4.78 is 5.38. The fraction of sp³-hybridized carbons (Fsp3) is 0.467.